The van der Waals surface area contributed by atoms with Crippen molar-refractivity contribution in [2.24, 2.45) is 0 Å². The Morgan fingerprint density at radius 1 is 1.38 bits per heavy atom. The van der Waals surface area contributed by atoms with E-state index in [1.54, 1.807) is 17.0 Å². The minimum atomic E-state index is -0.522. The molecular weight excluding hydrogens is 380 g/mol. The highest BCUT2D eigenvalue weighted by molar-refractivity contribution is 5.78. The third-order valence-corrected chi connectivity index (χ3v) is 4.76. The molecule has 0 radical (unpaired) electrons. The standard InChI is InChI=1S/C18H18N6O5/c1-12-9-21(6-7-29-12)16(25)10-22-11-19-17-13(18(22)26)8-20-23(17)14-4-2-3-5-15(14)24(27)28/h2-5,8,11-12H,6-7,9-10H2,1H3. The van der Waals surface area contributed by atoms with Crippen LogP contribution in [0.4, 0.5) is 5.69 Å². The van der Waals surface area contributed by atoms with Gasteiger partial charge in [-0.3, -0.25) is 24.3 Å². The van der Waals surface area contributed by atoms with Crippen molar-refractivity contribution in [1.29, 1.82) is 0 Å². The Morgan fingerprint density at radius 3 is 2.93 bits per heavy atom. The molecule has 4 rings (SSSR count). The van der Waals surface area contributed by atoms with Crippen molar-refractivity contribution < 1.29 is 14.5 Å². The second-order valence-electron chi connectivity index (χ2n) is 6.74. The largest absolute Gasteiger partial charge is 0.375 e. The highest BCUT2D eigenvalue weighted by atomic mass is 16.6. The minimum Gasteiger partial charge on any atom is -0.375 e. The number of nitro benzene ring substituents is 1. The fraction of sp³-hybridized carbons (Fsp3) is 0.333. The van der Waals surface area contributed by atoms with E-state index in [4.69, 9.17) is 4.74 Å². The topological polar surface area (TPSA) is 125 Å². The van der Waals surface area contributed by atoms with Crippen molar-refractivity contribution in [3.8, 4) is 5.69 Å². The molecule has 1 aliphatic heterocycles. The number of para-hydroxylation sites is 2. The molecule has 0 bridgehead atoms. The summed E-state index contributed by atoms with van der Waals surface area (Å²) in [6.45, 7) is 3.14. The number of carbonyl (C=O) groups is 1. The lowest BCUT2D eigenvalue weighted by Crippen LogP contribution is -2.46. The van der Waals surface area contributed by atoms with Gasteiger partial charge in [0.05, 0.1) is 23.8 Å². The number of hydrogen-bond donors (Lipinski definition) is 0. The van der Waals surface area contributed by atoms with Crippen LogP contribution in [0.15, 0.2) is 41.6 Å². The average molecular weight is 398 g/mol. The van der Waals surface area contributed by atoms with Crippen molar-refractivity contribution >= 4 is 22.6 Å². The van der Waals surface area contributed by atoms with E-state index in [0.29, 0.717) is 19.7 Å². The number of morpholine rings is 1. The zero-order chi connectivity index (χ0) is 20.5. The Hall–Kier alpha value is -3.60. The maximum Gasteiger partial charge on any atom is 0.294 e. The van der Waals surface area contributed by atoms with Crippen LogP contribution in [0.25, 0.3) is 16.7 Å². The number of nitrogens with zero attached hydrogens (tertiary/aromatic N) is 6. The van der Waals surface area contributed by atoms with Gasteiger partial charge >= 0.3 is 0 Å². The second kappa shape index (κ2) is 7.43. The van der Waals surface area contributed by atoms with Gasteiger partial charge in [0.15, 0.2) is 5.65 Å². The molecule has 1 unspecified atom stereocenters. The van der Waals surface area contributed by atoms with Gasteiger partial charge in [-0.15, -0.1) is 0 Å². The van der Waals surface area contributed by atoms with Crippen molar-refractivity contribution in [2.45, 2.75) is 19.6 Å². The summed E-state index contributed by atoms with van der Waals surface area (Å²) in [6, 6.07) is 6.07. The van der Waals surface area contributed by atoms with Crippen molar-refractivity contribution in [3.63, 3.8) is 0 Å². The Morgan fingerprint density at radius 2 is 2.17 bits per heavy atom. The van der Waals surface area contributed by atoms with E-state index in [1.807, 2.05) is 6.92 Å². The lowest BCUT2D eigenvalue weighted by Gasteiger charge is -2.31. The summed E-state index contributed by atoms with van der Waals surface area (Å²) in [5.41, 5.74) is -0.196. The van der Waals surface area contributed by atoms with Crippen LogP contribution in [0.5, 0.6) is 0 Å². The Balaban J connectivity index is 1.67. The molecular formula is C18H18N6O5. The van der Waals surface area contributed by atoms with E-state index < -0.39 is 10.5 Å². The van der Waals surface area contributed by atoms with Crippen LogP contribution in [-0.2, 0) is 16.1 Å². The summed E-state index contributed by atoms with van der Waals surface area (Å²) in [5.74, 6) is -0.200. The molecule has 1 saturated heterocycles. The van der Waals surface area contributed by atoms with Crippen LogP contribution in [0.2, 0.25) is 0 Å². The summed E-state index contributed by atoms with van der Waals surface area (Å²) in [7, 11) is 0. The van der Waals surface area contributed by atoms with Crippen LogP contribution in [0.1, 0.15) is 6.92 Å². The van der Waals surface area contributed by atoms with E-state index >= 15 is 0 Å². The first-order chi connectivity index (χ1) is 14.0. The number of amides is 1. The first-order valence-electron chi connectivity index (χ1n) is 9.02. The fourth-order valence-corrected chi connectivity index (χ4v) is 3.33. The molecule has 3 heterocycles. The molecule has 11 heteroatoms. The van der Waals surface area contributed by atoms with Gasteiger partial charge in [-0.1, -0.05) is 12.1 Å². The van der Waals surface area contributed by atoms with E-state index in [2.05, 4.69) is 10.1 Å². The molecule has 0 spiro atoms. The summed E-state index contributed by atoms with van der Waals surface area (Å²) < 4.78 is 7.90. The number of fused-ring (bicyclic) bond motifs is 1. The molecule has 1 amide bonds. The number of aromatic nitrogens is 4. The Labute approximate surface area is 164 Å². The summed E-state index contributed by atoms with van der Waals surface area (Å²) in [6.07, 6.45) is 2.52. The van der Waals surface area contributed by atoms with Crippen molar-refractivity contribution in [2.75, 3.05) is 19.7 Å². The number of rotatable bonds is 4. The van der Waals surface area contributed by atoms with Gasteiger partial charge in [-0.05, 0) is 13.0 Å². The van der Waals surface area contributed by atoms with Gasteiger partial charge < -0.3 is 9.64 Å². The molecule has 0 aliphatic carbocycles. The SMILES string of the molecule is CC1CN(C(=O)Cn2cnc3c(cnn3-c3ccccc3[N+](=O)[O-])c2=O)CCO1. The summed E-state index contributed by atoms with van der Waals surface area (Å²) in [4.78, 5) is 42.0. The highest BCUT2D eigenvalue weighted by Crippen LogP contribution is 2.23. The lowest BCUT2D eigenvalue weighted by molar-refractivity contribution is -0.384. The zero-order valence-corrected chi connectivity index (χ0v) is 15.6. The van der Waals surface area contributed by atoms with Crippen LogP contribution in [0, 0.1) is 10.1 Å². The predicted molar refractivity (Wildman–Crippen MR) is 102 cm³/mol. The van der Waals surface area contributed by atoms with Gasteiger partial charge in [0.2, 0.25) is 5.91 Å². The summed E-state index contributed by atoms with van der Waals surface area (Å²) in [5, 5.41) is 15.6. The first kappa shape index (κ1) is 18.7. The number of hydrogen-bond acceptors (Lipinski definition) is 7. The molecule has 1 fully saturated rings. The molecule has 11 nitrogen and oxygen atoms in total. The van der Waals surface area contributed by atoms with Crippen LogP contribution >= 0.6 is 0 Å². The molecule has 29 heavy (non-hydrogen) atoms. The maximum atomic E-state index is 12.8. The second-order valence-corrected chi connectivity index (χ2v) is 6.74. The number of nitro groups is 1. The normalized spacial score (nSPS) is 16.9. The number of carbonyl (C=O) groups excluding carboxylic acids is 1. The van der Waals surface area contributed by atoms with Crippen LogP contribution in [0.3, 0.4) is 0 Å². The summed E-state index contributed by atoms with van der Waals surface area (Å²) >= 11 is 0. The molecule has 0 N–H and O–H groups in total. The van der Waals surface area contributed by atoms with E-state index in [0.717, 1.165) is 0 Å². The molecule has 1 aliphatic rings. The van der Waals surface area contributed by atoms with Gasteiger partial charge in [-0.2, -0.15) is 5.10 Å². The Kier molecular flexibility index (Phi) is 4.80. The van der Waals surface area contributed by atoms with Crippen LogP contribution < -0.4 is 5.56 Å². The lowest BCUT2D eigenvalue weighted by atomic mass is 10.2. The molecule has 3 aromatic rings. The van der Waals surface area contributed by atoms with Gasteiger partial charge in [0.25, 0.3) is 11.2 Å². The smallest absolute Gasteiger partial charge is 0.294 e. The van der Waals surface area contributed by atoms with E-state index in [9.17, 15) is 19.7 Å². The monoisotopic (exact) mass is 398 g/mol. The van der Waals surface area contributed by atoms with E-state index in [-0.39, 0.29) is 41.0 Å². The van der Waals surface area contributed by atoms with Crippen LogP contribution in [-0.4, -0.2) is 60.9 Å². The van der Waals surface area contributed by atoms with Crippen molar-refractivity contribution in [1.82, 2.24) is 24.2 Å². The zero-order valence-electron chi connectivity index (χ0n) is 15.6. The molecule has 2 aromatic heterocycles. The maximum absolute atomic E-state index is 12.8. The van der Waals surface area contributed by atoms with E-state index in [1.165, 1.54) is 33.9 Å². The first-order valence-corrected chi connectivity index (χ1v) is 9.02. The number of ether oxygens (including phenoxy) is 1. The minimum absolute atomic E-state index is 0.0510. The fourth-order valence-electron chi connectivity index (χ4n) is 3.33. The molecule has 150 valence electrons. The molecule has 0 saturated carbocycles. The Bertz CT molecular complexity index is 1150. The van der Waals surface area contributed by atoms with Gasteiger partial charge in [0.1, 0.15) is 23.9 Å². The quantitative estimate of drug-likeness (QED) is 0.469. The predicted octanol–water partition coefficient (Wildman–Crippen LogP) is 0.738. The average Bonchev–Trinajstić information content (AvgIpc) is 3.14. The molecule has 1 aromatic carbocycles. The third kappa shape index (κ3) is 3.47. The van der Waals surface area contributed by atoms with Gasteiger partial charge in [-0.25, -0.2) is 9.67 Å². The number of benzene rings is 1. The third-order valence-electron chi connectivity index (χ3n) is 4.76. The highest BCUT2D eigenvalue weighted by Gasteiger charge is 2.23. The molecule has 1 atom stereocenters. The van der Waals surface area contributed by atoms with Crippen molar-refractivity contribution in [3.05, 3.63) is 57.3 Å². The van der Waals surface area contributed by atoms with Gasteiger partial charge in [0, 0.05) is 19.2 Å².